The van der Waals surface area contributed by atoms with Crippen LogP contribution in [0.25, 0.3) is 0 Å². The van der Waals surface area contributed by atoms with Gasteiger partial charge in [0.1, 0.15) is 0 Å². The molecule has 1 aliphatic rings. The van der Waals surface area contributed by atoms with Crippen molar-refractivity contribution in [2.75, 3.05) is 12.4 Å². The molecule has 0 aromatic heterocycles. The predicted molar refractivity (Wildman–Crippen MR) is 243 cm³/mol. The molecule has 0 aromatic carbocycles. The van der Waals surface area contributed by atoms with Crippen molar-refractivity contribution in [2.45, 2.75) is 154 Å². The van der Waals surface area contributed by atoms with Crippen LogP contribution in [0.4, 0.5) is 0 Å². The van der Waals surface area contributed by atoms with Gasteiger partial charge in [-0.25, -0.2) is 0 Å². The number of unbranched alkanes of at least 4 members (excludes halogenated alkanes) is 2. The van der Waals surface area contributed by atoms with Crippen molar-refractivity contribution < 1.29 is 22.4 Å². The Labute approximate surface area is 343 Å². The average Bonchev–Trinajstić information content (AvgIpc) is 3.58. The molecule has 1 rings (SSSR count). The summed E-state index contributed by atoms with van der Waals surface area (Å²) in [5, 5.41) is 0. The molecule has 1 fully saturated rings. The van der Waals surface area contributed by atoms with Crippen LogP contribution in [0.1, 0.15) is 142 Å². The normalized spacial score (nSPS) is 17.4. The highest BCUT2D eigenvalue weighted by atomic mass is 32.2. The van der Waals surface area contributed by atoms with Gasteiger partial charge in [0.2, 0.25) is 0 Å². The second kappa shape index (κ2) is 37.3. The molecule has 0 spiro atoms. The van der Waals surface area contributed by atoms with E-state index in [2.05, 4.69) is 160 Å². The van der Waals surface area contributed by atoms with Gasteiger partial charge in [-0.1, -0.05) is 160 Å². The molecule has 0 aliphatic carbocycles. The molecule has 1 saturated heterocycles. The van der Waals surface area contributed by atoms with Gasteiger partial charge in [-0.05, 0) is 116 Å². The Balaban J connectivity index is 2.34. The molecule has 312 valence electrons. The minimum atomic E-state index is -3.97. The van der Waals surface area contributed by atoms with Crippen molar-refractivity contribution in [1.82, 2.24) is 0 Å². The summed E-state index contributed by atoms with van der Waals surface area (Å²) in [7, 11) is -3.97. The van der Waals surface area contributed by atoms with Gasteiger partial charge in [0.05, 0.1) is 18.5 Å². The largest absolute Gasteiger partial charge is 0.347 e. The minimum absolute atomic E-state index is 0.145. The molecular formula is C50H76O5S. The van der Waals surface area contributed by atoms with Gasteiger partial charge in [0, 0.05) is 12.8 Å². The maximum Gasteiger partial charge on any atom is 0.264 e. The molecule has 1 N–H and O–H groups in total. The maximum atomic E-state index is 11.2. The smallest absolute Gasteiger partial charge is 0.264 e. The lowest BCUT2D eigenvalue weighted by Gasteiger charge is -2.28. The molecule has 1 unspecified atom stereocenters. The van der Waals surface area contributed by atoms with Gasteiger partial charge in [-0.2, -0.15) is 8.42 Å². The fraction of sp³-hybridized carbons (Fsp3) is 0.520. The molecule has 0 bridgehead atoms. The molecule has 5 nitrogen and oxygen atoms in total. The Bertz CT molecular complexity index is 1330. The SMILES string of the molecule is CC/C=C\C/C=C\C/C=C\C/C=C\C/C=C\C/C=C\CCCC1(CCC/C=C\C/C=C\C/C=C\C/C=C\C/C=C\C/C=C\CC)OCC(CCCS(=O)(=O)O)O1. The quantitative estimate of drug-likeness (QED) is 0.0399. The molecule has 56 heavy (non-hydrogen) atoms. The van der Waals surface area contributed by atoms with Crippen molar-refractivity contribution in [1.29, 1.82) is 0 Å². The highest BCUT2D eigenvalue weighted by Gasteiger charge is 2.40. The Hall–Kier alpha value is -3.29. The van der Waals surface area contributed by atoms with Crippen molar-refractivity contribution in [3.05, 3.63) is 146 Å². The van der Waals surface area contributed by atoms with E-state index in [1.54, 1.807) is 0 Å². The number of hydrogen-bond acceptors (Lipinski definition) is 4. The second-order valence-electron chi connectivity index (χ2n) is 14.0. The van der Waals surface area contributed by atoms with E-state index in [0.717, 1.165) is 116 Å². The zero-order valence-electron chi connectivity index (χ0n) is 35.0. The Morgan fingerprint density at radius 1 is 0.482 bits per heavy atom. The molecular weight excluding hydrogens is 713 g/mol. The topological polar surface area (TPSA) is 72.8 Å². The third kappa shape index (κ3) is 34.0. The highest BCUT2D eigenvalue weighted by Crippen LogP contribution is 2.35. The molecule has 0 aromatic rings. The number of rotatable bonds is 34. The third-order valence-electron chi connectivity index (χ3n) is 8.89. The van der Waals surface area contributed by atoms with Crippen LogP contribution < -0.4 is 0 Å². The van der Waals surface area contributed by atoms with Crippen LogP contribution in [0.5, 0.6) is 0 Å². The summed E-state index contributed by atoms with van der Waals surface area (Å²) >= 11 is 0. The first-order chi connectivity index (χ1) is 27.4. The molecule has 0 saturated carbocycles. The summed E-state index contributed by atoms with van der Waals surface area (Å²) in [6.45, 7) is 4.77. The summed E-state index contributed by atoms with van der Waals surface area (Å²) in [5.41, 5.74) is 0. The van der Waals surface area contributed by atoms with E-state index in [1.807, 2.05) is 0 Å². The summed E-state index contributed by atoms with van der Waals surface area (Å²) in [4.78, 5) is 0. The van der Waals surface area contributed by atoms with Gasteiger partial charge in [0.25, 0.3) is 10.1 Å². The van der Waals surface area contributed by atoms with E-state index in [9.17, 15) is 8.42 Å². The average molecular weight is 789 g/mol. The van der Waals surface area contributed by atoms with Crippen molar-refractivity contribution in [3.8, 4) is 0 Å². The van der Waals surface area contributed by atoms with E-state index in [1.165, 1.54) is 0 Å². The van der Waals surface area contributed by atoms with Crippen LogP contribution in [0.2, 0.25) is 0 Å². The van der Waals surface area contributed by atoms with Crippen LogP contribution >= 0.6 is 0 Å². The van der Waals surface area contributed by atoms with Crippen LogP contribution in [0.3, 0.4) is 0 Å². The summed E-state index contributed by atoms with van der Waals surface area (Å²) in [6, 6.07) is 0. The first-order valence-electron chi connectivity index (χ1n) is 21.5. The molecule has 6 heteroatoms. The summed E-state index contributed by atoms with van der Waals surface area (Å²) < 4.78 is 44.2. The van der Waals surface area contributed by atoms with Crippen molar-refractivity contribution >= 4 is 10.1 Å². The Kier molecular flexibility index (Phi) is 33.8. The zero-order valence-corrected chi connectivity index (χ0v) is 35.8. The van der Waals surface area contributed by atoms with Gasteiger partial charge in [0.15, 0.2) is 5.79 Å². The number of allylic oxidation sites excluding steroid dienone is 24. The molecule has 0 amide bonds. The lowest BCUT2D eigenvalue weighted by atomic mass is 10.0. The van der Waals surface area contributed by atoms with E-state index in [0.29, 0.717) is 19.4 Å². The molecule has 1 aliphatic heterocycles. The van der Waals surface area contributed by atoms with Gasteiger partial charge >= 0.3 is 0 Å². The lowest BCUT2D eigenvalue weighted by Crippen LogP contribution is -2.31. The zero-order chi connectivity index (χ0) is 40.5. The second-order valence-corrected chi connectivity index (χ2v) is 15.6. The van der Waals surface area contributed by atoms with Gasteiger partial charge in [-0.3, -0.25) is 4.55 Å². The summed E-state index contributed by atoms with van der Waals surface area (Å²) in [5.74, 6) is -0.871. The summed E-state index contributed by atoms with van der Waals surface area (Å²) in [6.07, 6.45) is 71.3. The fourth-order valence-electron chi connectivity index (χ4n) is 5.90. The molecule has 1 atom stereocenters. The predicted octanol–water partition coefficient (Wildman–Crippen LogP) is 14.5. The van der Waals surface area contributed by atoms with Gasteiger partial charge in [-0.15, -0.1) is 0 Å². The Morgan fingerprint density at radius 2 is 0.786 bits per heavy atom. The monoisotopic (exact) mass is 789 g/mol. The first kappa shape index (κ1) is 50.7. The standard InChI is InChI=1S/C50H76O5S/c1-3-5-7-9-11-13-15-17-19-21-23-25-27-29-31-33-35-37-39-41-45-50(54-48-49(55-50)44-43-47-56(51,52)53)46-42-40-38-36-34-32-30-28-26-24-22-20-18-16-14-12-10-8-6-4-2/h5-8,11-14,17-20,23-26,29-32,35-38,49H,3-4,9-10,15-16,21-22,27-28,33-34,39-48H2,1-2H3,(H,51,52,53)/b7-5-,8-6-,13-11-,14-12-,19-17-,20-18-,25-23-,26-24-,31-29-,32-30-,37-35-,38-36-. The Morgan fingerprint density at radius 3 is 1.09 bits per heavy atom. The minimum Gasteiger partial charge on any atom is -0.347 e. The van der Waals surface area contributed by atoms with Crippen LogP contribution in [-0.2, 0) is 19.6 Å². The lowest BCUT2D eigenvalue weighted by molar-refractivity contribution is -0.179. The number of ether oxygens (including phenoxy) is 2. The van der Waals surface area contributed by atoms with Crippen molar-refractivity contribution in [2.24, 2.45) is 0 Å². The molecule has 0 radical (unpaired) electrons. The van der Waals surface area contributed by atoms with Crippen LogP contribution in [0.15, 0.2) is 146 Å². The third-order valence-corrected chi connectivity index (χ3v) is 9.70. The van der Waals surface area contributed by atoms with Crippen LogP contribution in [-0.4, -0.2) is 37.2 Å². The van der Waals surface area contributed by atoms with E-state index in [-0.39, 0.29) is 11.9 Å². The number of hydrogen-bond donors (Lipinski definition) is 1. The molecule has 1 heterocycles. The van der Waals surface area contributed by atoms with E-state index < -0.39 is 15.9 Å². The fourth-order valence-corrected chi connectivity index (χ4v) is 6.43. The van der Waals surface area contributed by atoms with Crippen molar-refractivity contribution in [3.63, 3.8) is 0 Å². The maximum absolute atomic E-state index is 11.2. The van der Waals surface area contributed by atoms with E-state index >= 15 is 0 Å². The van der Waals surface area contributed by atoms with Crippen LogP contribution in [0, 0.1) is 0 Å². The van der Waals surface area contributed by atoms with Gasteiger partial charge < -0.3 is 9.47 Å². The highest BCUT2D eigenvalue weighted by molar-refractivity contribution is 7.85. The first-order valence-corrected chi connectivity index (χ1v) is 23.1. The van der Waals surface area contributed by atoms with E-state index in [4.69, 9.17) is 14.0 Å².